The smallest absolute Gasteiger partial charge is 0.437 e. The zero-order chi connectivity index (χ0) is 21.8. The van der Waals surface area contributed by atoms with Gasteiger partial charge in [0.25, 0.3) is 6.43 Å². The molecule has 5 rings (SSSR count). The van der Waals surface area contributed by atoms with E-state index in [-0.39, 0.29) is 30.1 Å². The van der Waals surface area contributed by atoms with Gasteiger partial charge in [-0.3, -0.25) is 0 Å². The van der Waals surface area contributed by atoms with Crippen LogP contribution < -0.4 is 9.64 Å². The van der Waals surface area contributed by atoms with E-state index in [4.69, 9.17) is 4.74 Å². The van der Waals surface area contributed by atoms with Crippen molar-refractivity contribution >= 4 is 17.0 Å². The van der Waals surface area contributed by atoms with Crippen LogP contribution in [-0.2, 0) is 12.7 Å². The van der Waals surface area contributed by atoms with Gasteiger partial charge in [0.15, 0.2) is 11.3 Å². The van der Waals surface area contributed by atoms with Crippen LogP contribution in [0.25, 0.3) is 11.2 Å². The molecule has 3 atom stereocenters. The summed E-state index contributed by atoms with van der Waals surface area (Å²) < 4.78 is 71.1. The first kappa shape index (κ1) is 19.9. The minimum Gasteiger partial charge on any atom is -0.491 e. The lowest BCUT2D eigenvalue weighted by Gasteiger charge is -2.21. The molecule has 0 N–H and O–H groups in total. The van der Waals surface area contributed by atoms with Crippen molar-refractivity contribution in [3.63, 3.8) is 0 Å². The number of fused-ring (bicyclic) bond motifs is 2. The number of anilines is 1. The highest BCUT2D eigenvalue weighted by Gasteiger charge is 2.56. The number of rotatable bonds is 6. The lowest BCUT2D eigenvalue weighted by molar-refractivity contribution is -0.142. The van der Waals surface area contributed by atoms with E-state index in [1.807, 2.05) is 4.90 Å². The summed E-state index contributed by atoms with van der Waals surface area (Å²) in [5.74, 6) is 1.00. The first-order valence-electron chi connectivity index (χ1n) is 9.68. The molecule has 12 heteroatoms. The fraction of sp³-hybridized carbons (Fsp3) is 0.474. The molecule has 0 aromatic carbocycles. The second-order valence-electron chi connectivity index (χ2n) is 7.71. The molecule has 2 aliphatic rings. The number of halogens is 5. The fourth-order valence-corrected chi connectivity index (χ4v) is 4.25. The first-order chi connectivity index (χ1) is 14.8. The topological polar surface area (TPSA) is 69.0 Å². The van der Waals surface area contributed by atoms with Crippen LogP contribution in [0.3, 0.4) is 0 Å². The van der Waals surface area contributed by atoms with Crippen LogP contribution in [0.2, 0.25) is 0 Å². The van der Waals surface area contributed by atoms with E-state index in [1.165, 1.54) is 18.3 Å². The molecule has 3 aromatic rings. The van der Waals surface area contributed by atoms with Gasteiger partial charge in [-0.2, -0.15) is 18.3 Å². The van der Waals surface area contributed by atoms with E-state index in [1.54, 1.807) is 6.20 Å². The Labute approximate surface area is 172 Å². The van der Waals surface area contributed by atoms with Gasteiger partial charge < -0.3 is 9.64 Å². The normalized spacial score (nSPS) is 22.9. The second-order valence-corrected chi connectivity index (χ2v) is 7.71. The largest absolute Gasteiger partial charge is 0.491 e. The van der Waals surface area contributed by atoms with Gasteiger partial charge in [-0.15, -0.1) is 0 Å². The highest BCUT2D eigenvalue weighted by atomic mass is 19.4. The molecule has 31 heavy (non-hydrogen) atoms. The molecule has 1 saturated heterocycles. The maximum atomic E-state index is 13.0. The predicted octanol–water partition coefficient (Wildman–Crippen LogP) is 3.27. The molecule has 3 aromatic heterocycles. The van der Waals surface area contributed by atoms with Crippen molar-refractivity contribution in [2.45, 2.75) is 19.1 Å². The fourth-order valence-electron chi connectivity index (χ4n) is 4.25. The highest BCUT2D eigenvalue weighted by molar-refractivity contribution is 5.71. The SMILES string of the molecule is FC(F)Cn1ncc2ncc(N3C[C@@H]4[C@@H](COc5cccnc5C(F)(F)F)[C@@H]4C3)nc21. The van der Waals surface area contributed by atoms with Gasteiger partial charge in [-0.05, 0) is 24.0 Å². The van der Waals surface area contributed by atoms with Crippen LogP contribution in [-0.4, -0.2) is 50.9 Å². The Morgan fingerprint density at radius 2 is 1.90 bits per heavy atom. The number of aromatic nitrogens is 5. The summed E-state index contributed by atoms with van der Waals surface area (Å²) in [5, 5.41) is 3.91. The van der Waals surface area contributed by atoms with Crippen molar-refractivity contribution < 1.29 is 26.7 Å². The van der Waals surface area contributed by atoms with Crippen LogP contribution in [0, 0.1) is 17.8 Å². The summed E-state index contributed by atoms with van der Waals surface area (Å²) in [4.78, 5) is 14.1. The van der Waals surface area contributed by atoms with Crippen molar-refractivity contribution in [3.8, 4) is 5.75 Å². The van der Waals surface area contributed by atoms with Crippen molar-refractivity contribution in [3.05, 3.63) is 36.4 Å². The van der Waals surface area contributed by atoms with Crippen LogP contribution in [0.5, 0.6) is 5.75 Å². The van der Waals surface area contributed by atoms with Crippen molar-refractivity contribution in [2.24, 2.45) is 17.8 Å². The molecule has 0 spiro atoms. The summed E-state index contributed by atoms with van der Waals surface area (Å²) >= 11 is 0. The van der Waals surface area contributed by atoms with E-state index in [2.05, 4.69) is 20.1 Å². The second kappa shape index (κ2) is 7.27. The molecular weight excluding hydrogens is 423 g/mol. The number of piperidine rings is 1. The van der Waals surface area contributed by atoms with Gasteiger partial charge in [-0.1, -0.05) is 0 Å². The maximum absolute atomic E-state index is 13.0. The minimum atomic E-state index is -4.57. The molecular formula is C19H17F5N6O. The van der Waals surface area contributed by atoms with Gasteiger partial charge in [0.1, 0.15) is 23.6 Å². The Morgan fingerprint density at radius 3 is 2.61 bits per heavy atom. The molecule has 1 saturated carbocycles. The Hall–Kier alpha value is -3.05. The summed E-state index contributed by atoms with van der Waals surface area (Å²) in [5.41, 5.74) is -0.280. The third-order valence-electron chi connectivity index (χ3n) is 5.81. The summed E-state index contributed by atoms with van der Waals surface area (Å²) in [6, 6.07) is 2.68. The molecule has 2 fully saturated rings. The minimum absolute atomic E-state index is 0.151. The molecule has 1 aliphatic carbocycles. The van der Waals surface area contributed by atoms with Crippen LogP contribution >= 0.6 is 0 Å². The highest BCUT2D eigenvalue weighted by Crippen LogP contribution is 2.52. The summed E-state index contributed by atoms with van der Waals surface area (Å²) in [6.45, 7) is 0.937. The monoisotopic (exact) mass is 440 g/mol. The first-order valence-corrected chi connectivity index (χ1v) is 9.68. The van der Waals surface area contributed by atoms with Gasteiger partial charge in [0.05, 0.1) is 19.0 Å². The molecule has 164 valence electrons. The molecule has 7 nitrogen and oxygen atoms in total. The number of hydrogen-bond donors (Lipinski definition) is 0. The van der Waals surface area contributed by atoms with Gasteiger partial charge in [0, 0.05) is 25.2 Å². The van der Waals surface area contributed by atoms with E-state index in [0.29, 0.717) is 30.1 Å². The third-order valence-corrected chi connectivity index (χ3v) is 5.81. The van der Waals surface area contributed by atoms with E-state index in [9.17, 15) is 22.0 Å². The van der Waals surface area contributed by atoms with Gasteiger partial charge in [0.2, 0.25) is 0 Å². The standard InChI is InChI=1S/C19H17F5N6O/c20-15(21)8-30-18-13(4-27-30)26-5-16(28-18)29-6-10-11(7-29)12(10)9-31-14-2-1-3-25-17(14)19(22,23)24/h1-5,10-12,15H,6-9H2/t10-,11+,12+. The van der Waals surface area contributed by atoms with Crippen LogP contribution in [0.4, 0.5) is 27.8 Å². The molecule has 4 heterocycles. The van der Waals surface area contributed by atoms with E-state index >= 15 is 0 Å². The lowest BCUT2D eigenvalue weighted by atomic mass is 10.2. The average molecular weight is 440 g/mol. The zero-order valence-electron chi connectivity index (χ0n) is 16.0. The van der Waals surface area contributed by atoms with Crippen molar-refractivity contribution in [1.29, 1.82) is 0 Å². The quantitative estimate of drug-likeness (QED) is 0.548. The number of alkyl halides is 5. The molecule has 0 amide bonds. The van der Waals surface area contributed by atoms with Gasteiger partial charge >= 0.3 is 6.18 Å². The maximum Gasteiger partial charge on any atom is 0.437 e. The van der Waals surface area contributed by atoms with Gasteiger partial charge in [-0.25, -0.2) is 28.4 Å². The Morgan fingerprint density at radius 1 is 1.13 bits per heavy atom. The Bertz CT molecular complexity index is 1090. The average Bonchev–Trinajstić information content (AvgIpc) is 3.04. The third kappa shape index (κ3) is 3.74. The number of hydrogen-bond acceptors (Lipinski definition) is 6. The van der Waals surface area contributed by atoms with Crippen molar-refractivity contribution in [1.82, 2.24) is 24.7 Å². The number of pyridine rings is 1. The number of nitrogens with zero attached hydrogens (tertiary/aromatic N) is 6. The summed E-state index contributed by atoms with van der Waals surface area (Å²) in [6.07, 6.45) is -3.05. The molecule has 0 unspecified atom stereocenters. The Kier molecular flexibility index (Phi) is 4.67. The van der Waals surface area contributed by atoms with E-state index in [0.717, 1.165) is 10.9 Å². The molecule has 1 aliphatic heterocycles. The predicted molar refractivity (Wildman–Crippen MR) is 98.7 cm³/mol. The molecule has 0 radical (unpaired) electrons. The van der Waals surface area contributed by atoms with Crippen LogP contribution in [0.1, 0.15) is 5.69 Å². The Balaban J connectivity index is 1.22. The van der Waals surface area contributed by atoms with Crippen LogP contribution in [0.15, 0.2) is 30.7 Å². The van der Waals surface area contributed by atoms with Crippen molar-refractivity contribution in [2.75, 3.05) is 24.6 Å². The zero-order valence-corrected chi connectivity index (χ0v) is 16.0. The number of ether oxygens (including phenoxy) is 1. The molecule has 0 bridgehead atoms. The lowest BCUT2D eigenvalue weighted by Crippen LogP contribution is -2.26. The van der Waals surface area contributed by atoms with E-state index < -0.39 is 24.8 Å². The summed E-state index contributed by atoms with van der Waals surface area (Å²) in [7, 11) is 0.